The second kappa shape index (κ2) is 25.4. The molecule has 4 atom stereocenters. The highest BCUT2D eigenvalue weighted by atomic mass is 16.8. The normalized spacial score (nSPS) is 16.8. The largest absolute Gasteiger partial charge is 0.467 e. The third-order valence-electron chi connectivity index (χ3n) is 8.55. The smallest absolute Gasteiger partial charge is 0.330 e. The second-order valence-corrected chi connectivity index (χ2v) is 14.6. The van der Waals surface area contributed by atoms with E-state index in [4.69, 9.17) is 9.57 Å². The van der Waals surface area contributed by atoms with Crippen LogP contribution >= 0.6 is 0 Å². The first-order valence-corrected chi connectivity index (χ1v) is 18.7. The van der Waals surface area contributed by atoms with E-state index in [1.54, 1.807) is 13.8 Å². The monoisotopic (exact) mass is 734 g/mol. The maximum Gasteiger partial charge on any atom is 0.330 e. The number of hydrogen-bond donors (Lipinski definition) is 4. The van der Waals surface area contributed by atoms with E-state index in [9.17, 15) is 29.1 Å². The van der Waals surface area contributed by atoms with Crippen LogP contribution in [0.5, 0.6) is 0 Å². The summed E-state index contributed by atoms with van der Waals surface area (Å²) in [5, 5.41) is 18.6. The highest BCUT2D eigenvalue weighted by Gasteiger charge is 2.32. The van der Waals surface area contributed by atoms with Gasteiger partial charge in [-0.25, -0.2) is 14.7 Å². The van der Waals surface area contributed by atoms with Crippen LogP contribution in [-0.4, -0.2) is 91.1 Å². The lowest BCUT2D eigenvalue weighted by Gasteiger charge is -2.29. The zero-order valence-electron chi connectivity index (χ0n) is 33.0. The van der Waals surface area contributed by atoms with E-state index in [-0.39, 0.29) is 43.6 Å². The Bertz CT molecular complexity index is 1230. The average molecular weight is 735 g/mol. The van der Waals surface area contributed by atoms with E-state index in [2.05, 4.69) is 53.6 Å². The van der Waals surface area contributed by atoms with E-state index in [1.165, 1.54) is 16.2 Å². The van der Waals surface area contributed by atoms with Crippen LogP contribution in [0.3, 0.4) is 0 Å². The molecular weight excluding hydrogens is 668 g/mol. The molecule has 0 bridgehead atoms. The van der Waals surface area contributed by atoms with Crippen LogP contribution in [0.25, 0.3) is 0 Å². The van der Waals surface area contributed by atoms with Gasteiger partial charge in [-0.1, -0.05) is 62.6 Å². The summed E-state index contributed by atoms with van der Waals surface area (Å²) >= 11 is 0. The molecule has 0 aromatic heterocycles. The van der Waals surface area contributed by atoms with Gasteiger partial charge < -0.3 is 30.5 Å². The van der Waals surface area contributed by atoms with Gasteiger partial charge in [0.25, 0.3) is 0 Å². The molecule has 1 aliphatic heterocycles. The molecule has 52 heavy (non-hydrogen) atoms. The van der Waals surface area contributed by atoms with Crippen LogP contribution in [0.15, 0.2) is 34.9 Å². The van der Waals surface area contributed by atoms with Gasteiger partial charge in [0.2, 0.25) is 23.6 Å². The predicted octanol–water partition coefficient (Wildman–Crippen LogP) is 4.79. The van der Waals surface area contributed by atoms with Crippen molar-refractivity contribution in [3.63, 3.8) is 0 Å². The van der Waals surface area contributed by atoms with E-state index >= 15 is 0 Å². The van der Waals surface area contributed by atoms with Gasteiger partial charge >= 0.3 is 5.97 Å². The standard InChI is InChI=1S/C39H66N4O9/c1-26(2)14-12-15-29(7)16-13-17-30(8)21-22-43(52-35-18-10-11-23-51-35)34(46)20-19-33(45)42-36(28(5)6)38(48)40-31(24-27(3)4)37(47)41-32(25-44)39(49)50-9/h14,16,21,27-28,31-32,35-36,44H,10-13,15,17-20,22-25H2,1-9H3,(H,40,48)(H,41,47)(H,42,45)/b29-16+,30-21+/t31-,32-,35?,36-/m0/s1. The Morgan fingerprint density at radius 3 is 2.02 bits per heavy atom. The van der Waals surface area contributed by atoms with E-state index in [0.29, 0.717) is 13.0 Å². The minimum atomic E-state index is -1.29. The summed E-state index contributed by atoms with van der Waals surface area (Å²) in [5.74, 6) is -3.33. The average Bonchev–Trinajstić information content (AvgIpc) is 3.09. The Balaban J connectivity index is 2.90. The molecule has 0 radical (unpaired) electrons. The van der Waals surface area contributed by atoms with E-state index in [1.807, 2.05) is 26.8 Å². The highest BCUT2D eigenvalue weighted by molar-refractivity contribution is 5.94. The fourth-order valence-electron chi connectivity index (χ4n) is 5.40. The number of methoxy groups -OCH3 is 1. The maximum absolute atomic E-state index is 13.4. The number of allylic oxidation sites excluding steroid dienone is 5. The Kier molecular flexibility index (Phi) is 22.7. The highest BCUT2D eigenvalue weighted by Crippen LogP contribution is 2.18. The summed E-state index contributed by atoms with van der Waals surface area (Å²) in [6, 6.07) is -3.33. The Morgan fingerprint density at radius 1 is 0.827 bits per heavy atom. The number of hydrogen-bond acceptors (Lipinski definition) is 9. The van der Waals surface area contributed by atoms with E-state index in [0.717, 1.165) is 51.2 Å². The van der Waals surface area contributed by atoms with Crippen LogP contribution < -0.4 is 16.0 Å². The van der Waals surface area contributed by atoms with Gasteiger partial charge in [-0.05, 0) is 84.5 Å². The molecule has 1 unspecified atom stereocenters. The third-order valence-corrected chi connectivity index (χ3v) is 8.55. The minimum absolute atomic E-state index is 0.00804. The Morgan fingerprint density at radius 2 is 1.46 bits per heavy atom. The molecule has 1 heterocycles. The predicted molar refractivity (Wildman–Crippen MR) is 200 cm³/mol. The molecule has 4 amide bonds. The SMILES string of the molecule is COC(=O)[C@H](CO)NC(=O)[C@H](CC(C)C)NC(=O)[C@@H](NC(=O)CCC(=O)N(C/C=C(\C)CC/C=C(\C)CCC=C(C)C)OC1CCCCO1)C(C)C. The number of carbonyl (C=O) groups is 5. The number of hydroxylamine groups is 2. The summed E-state index contributed by atoms with van der Waals surface area (Å²) < 4.78 is 10.3. The number of amides is 4. The number of esters is 1. The van der Waals surface area contributed by atoms with Crippen LogP contribution in [-0.2, 0) is 38.3 Å². The first-order chi connectivity index (χ1) is 24.6. The molecule has 296 valence electrons. The number of rotatable bonds is 23. The molecular formula is C39H66N4O9. The first-order valence-electron chi connectivity index (χ1n) is 18.7. The lowest BCUT2D eigenvalue weighted by Crippen LogP contribution is -2.57. The van der Waals surface area contributed by atoms with Crippen molar-refractivity contribution in [2.24, 2.45) is 11.8 Å². The lowest BCUT2D eigenvalue weighted by molar-refractivity contribution is -0.276. The number of nitrogens with one attached hydrogen (secondary N) is 3. The van der Waals surface area contributed by atoms with Gasteiger partial charge in [0.05, 0.1) is 20.3 Å². The van der Waals surface area contributed by atoms with Crippen molar-refractivity contribution in [1.29, 1.82) is 0 Å². The fraction of sp³-hybridized carbons (Fsp3) is 0.718. The van der Waals surface area contributed by atoms with Gasteiger partial charge in [-0.3, -0.25) is 19.2 Å². The number of ether oxygens (including phenoxy) is 2. The van der Waals surface area contributed by atoms with Gasteiger partial charge in [0, 0.05) is 25.9 Å². The van der Waals surface area contributed by atoms with Crippen molar-refractivity contribution in [3.05, 3.63) is 34.9 Å². The summed E-state index contributed by atoms with van der Waals surface area (Å²) in [7, 11) is 1.14. The molecule has 1 fully saturated rings. The minimum Gasteiger partial charge on any atom is -0.467 e. The van der Waals surface area contributed by atoms with Gasteiger partial charge in [-0.15, -0.1) is 0 Å². The molecule has 0 aromatic rings. The van der Waals surface area contributed by atoms with Crippen molar-refractivity contribution in [2.45, 2.75) is 144 Å². The number of nitrogens with zero attached hydrogens (tertiary/aromatic N) is 1. The Labute approximate surface area is 311 Å². The van der Waals surface area contributed by atoms with Crippen LogP contribution in [0.1, 0.15) is 120 Å². The number of aliphatic hydroxyl groups is 1. The van der Waals surface area contributed by atoms with Crippen molar-refractivity contribution in [1.82, 2.24) is 21.0 Å². The number of aliphatic hydroxyl groups excluding tert-OH is 1. The molecule has 0 spiro atoms. The molecule has 0 saturated carbocycles. The first kappa shape index (κ1) is 46.5. The van der Waals surface area contributed by atoms with Crippen molar-refractivity contribution < 1.29 is 43.4 Å². The van der Waals surface area contributed by atoms with Gasteiger partial charge in [0.15, 0.2) is 12.3 Å². The summed E-state index contributed by atoms with van der Waals surface area (Å²) in [6.07, 6.45) is 12.1. The summed E-state index contributed by atoms with van der Waals surface area (Å²) in [5.41, 5.74) is 3.79. The maximum atomic E-state index is 13.4. The van der Waals surface area contributed by atoms with E-state index < -0.39 is 54.7 Å². The fourth-order valence-corrected chi connectivity index (χ4v) is 5.40. The van der Waals surface area contributed by atoms with Crippen LogP contribution in [0.4, 0.5) is 0 Å². The third kappa shape index (κ3) is 19.3. The van der Waals surface area contributed by atoms with Gasteiger partial charge in [0.1, 0.15) is 12.1 Å². The molecule has 13 heteroatoms. The molecule has 1 aliphatic rings. The van der Waals surface area contributed by atoms with Crippen LogP contribution in [0.2, 0.25) is 0 Å². The molecule has 0 aliphatic carbocycles. The molecule has 13 nitrogen and oxygen atoms in total. The summed E-state index contributed by atoms with van der Waals surface area (Å²) in [6.45, 7) is 15.7. The molecule has 1 saturated heterocycles. The zero-order chi connectivity index (χ0) is 39.2. The topological polar surface area (TPSA) is 173 Å². The molecule has 0 aromatic carbocycles. The quantitative estimate of drug-likeness (QED) is 0.0654. The summed E-state index contributed by atoms with van der Waals surface area (Å²) in [4.78, 5) is 70.8. The number of carbonyl (C=O) groups excluding carboxylic acids is 5. The van der Waals surface area contributed by atoms with Crippen molar-refractivity contribution in [3.8, 4) is 0 Å². The zero-order valence-corrected chi connectivity index (χ0v) is 33.0. The molecule has 1 rings (SSSR count). The molecule has 4 N–H and O–H groups in total. The van der Waals surface area contributed by atoms with Gasteiger partial charge in [-0.2, -0.15) is 0 Å². The van der Waals surface area contributed by atoms with Crippen molar-refractivity contribution in [2.75, 3.05) is 26.9 Å². The van der Waals surface area contributed by atoms with Crippen LogP contribution in [0, 0.1) is 11.8 Å². The second-order valence-electron chi connectivity index (χ2n) is 14.6. The Hall–Kier alpha value is -3.55. The van der Waals surface area contributed by atoms with Crippen molar-refractivity contribution >= 4 is 29.6 Å². The lowest BCUT2D eigenvalue weighted by atomic mass is 9.99.